The minimum absolute atomic E-state index is 0.0397. The average molecular weight is 408 g/mol. The molecule has 2 aromatic rings. The van der Waals surface area contributed by atoms with Gasteiger partial charge in [0.2, 0.25) is 11.8 Å². The summed E-state index contributed by atoms with van der Waals surface area (Å²) < 4.78 is 5.34. The molecule has 0 fully saturated rings. The van der Waals surface area contributed by atoms with Gasteiger partial charge in [-0.2, -0.15) is 0 Å². The topological polar surface area (TPSA) is 95.9 Å². The number of amides is 2. The van der Waals surface area contributed by atoms with E-state index in [-0.39, 0.29) is 25.4 Å². The minimum atomic E-state index is -0.752. The van der Waals surface area contributed by atoms with E-state index >= 15 is 0 Å². The van der Waals surface area contributed by atoms with Crippen molar-refractivity contribution in [3.05, 3.63) is 77.9 Å². The molecule has 0 spiro atoms. The maximum absolute atomic E-state index is 13.2. The average Bonchev–Trinajstić information content (AvgIpc) is 2.92. The Bertz CT molecular complexity index is 912. The first-order valence-corrected chi connectivity index (χ1v) is 9.75. The number of hydrogen-bond acceptors (Lipinski definition) is 5. The predicted octanol–water partition coefficient (Wildman–Crippen LogP) is 2.99. The Morgan fingerprint density at radius 3 is 2.40 bits per heavy atom. The summed E-state index contributed by atoms with van der Waals surface area (Å²) in [6.45, 7) is 0.509. The molecule has 0 bridgehead atoms. The van der Waals surface area contributed by atoms with Gasteiger partial charge in [-0.1, -0.05) is 60.2 Å². The quantitative estimate of drug-likeness (QED) is 0.318. The Kier molecular flexibility index (Phi) is 7.34. The molecule has 2 amide bonds. The number of nitrogens with zero attached hydrogens (tertiary/aromatic N) is 1. The molecule has 1 aliphatic heterocycles. The molecule has 7 nitrogen and oxygen atoms in total. The van der Waals surface area contributed by atoms with Gasteiger partial charge in [0.05, 0.1) is 12.3 Å². The van der Waals surface area contributed by atoms with Gasteiger partial charge in [0.1, 0.15) is 6.61 Å². The van der Waals surface area contributed by atoms with Gasteiger partial charge in [-0.15, -0.1) is 0 Å². The molecule has 0 saturated heterocycles. The summed E-state index contributed by atoms with van der Waals surface area (Å²) in [6, 6.07) is 18.5. The highest BCUT2D eigenvalue weighted by atomic mass is 16.5. The van der Waals surface area contributed by atoms with Crippen LogP contribution in [0.1, 0.15) is 24.8 Å². The minimum Gasteiger partial charge on any atom is -0.461 e. The fraction of sp³-hybridized carbons (Fsp3) is 0.261. The SMILES string of the molecule is O=C(CC1=CC(CC(=O)OCc2ccccc2)C(=O)N(c2ccccc2)CC1)NO. The van der Waals surface area contributed by atoms with Gasteiger partial charge in [-0.25, -0.2) is 5.48 Å². The third-order valence-corrected chi connectivity index (χ3v) is 4.89. The van der Waals surface area contributed by atoms with Crippen molar-refractivity contribution in [2.24, 2.45) is 5.92 Å². The lowest BCUT2D eigenvalue weighted by Crippen LogP contribution is -2.36. The number of esters is 1. The molecule has 0 saturated carbocycles. The van der Waals surface area contributed by atoms with Gasteiger partial charge in [-0.05, 0) is 24.1 Å². The van der Waals surface area contributed by atoms with E-state index in [0.29, 0.717) is 18.5 Å². The summed E-state index contributed by atoms with van der Waals surface area (Å²) in [6.07, 6.45) is 1.95. The van der Waals surface area contributed by atoms with Crippen molar-refractivity contribution < 1.29 is 24.3 Å². The fourth-order valence-corrected chi connectivity index (χ4v) is 3.39. The monoisotopic (exact) mass is 408 g/mol. The molecule has 2 N–H and O–H groups in total. The second kappa shape index (κ2) is 10.4. The fourth-order valence-electron chi connectivity index (χ4n) is 3.39. The molecular weight excluding hydrogens is 384 g/mol. The van der Waals surface area contributed by atoms with Crippen LogP contribution in [0.15, 0.2) is 72.3 Å². The lowest BCUT2D eigenvalue weighted by Gasteiger charge is -2.24. The Morgan fingerprint density at radius 2 is 1.73 bits per heavy atom. The number of ether oxygens (including phenoxy) is 1. The van der Waals surface area contributed by atoms with Crippen LogP contribution >= 0.6 is 0 Å². The molecule has 156 valence electrons. The molecule has 1 aliphatic rings. The van der Waals surface area contributed by atoms with Crippen molar-refractivity contribution in [1.29, 1.82) is 0 Å². The molecule has 2 aromatic carbocycles. The van der Waals surface area contributed by atoms with E-state index in [9.17, 15) is 14.4 Å². The smallest absolute Gasteiger partial charge is 0.307 e. The second-order valence-corrected chi connectivity index (χ2v) is 7.07. The second-order valence-electron chi connectivity index (χ2n) is 7.07. The van der Waals surface area contributed by atoms with Crippen LogP contribution < -0.4 is 10.4 Å². The van der Waals surface area contributed by atoms with Crippen LogP contribution in [-0.2, 0) is 25.7 Å². The Hall–Kier alpha value is -3.45. The van der Waals surface area contributed by atoms with Crippen LogP contribution in [0.3, 0.4) is 0 Å². The molecule has 0 aromatic heterocycles. The van der Waals surface area contributed by atoms with Crippen LogP contribution in [-0.4, -0.2) is 29.5 Å². The van der Waals surface area contributed by atoms with Gasteiger partial charge in [-0.3, -0.25) is 19.6 Å². The molecule has 0 aliphatic carbocycles. The lowest BCUT2D eigenvalue weighted by molar-refractivity contribution is -0.147. The highest BCUT2D eigenvalue weighted by molar-refractivity contribution is 5.98. The van der Waals surface area contributed by atoms with Crippen molar-refractivity contribution >= 4 is 23.5 Å². The largest absolute Gasteiger partial charge is 0.461 e. The lowest BCUT2D eigenvalue weighted by atomic mass is 9.99. The Labute approximate surface area is 174 Å². The first-order chi connectivity index (χ1) is 14.6. The highest BCUT2D eigenvalue weighted by Gasteiger charge is 2.30. The normalized spacial score (nSPS) is 16.4. The zero-order chi connectivity index (χ0) is 21.3. The van der Waals surface area contributed by atoms with Gasteiger partial charge in [0, 0.05) is 18.7 Å². The zero-order valence-corrected chi connectivity index (χ0v) is 16.5. The summed E-state index contributed by atoms with van der Waals surface area (Å²) in [7, 11) is 0. The molecule has 30 heavy (non-hydrogen) atoms. The van der Waals surface area contributed by atoms with Crippen molar-refractivity contribution in [2.75, 3.05) is 11.4 Å². The van der Waals surface area contributed by atoms with E-state index in [1.54, 1.807) is 16.5 Å². The van der Waals surface area contributed by atoms with Crippen LogP contribution in [0.5, 0.6) is 0 Å². The molecule has 1 heterocycles. The number of hydrogen-bond donors (Lipinski definition) is 2. The molecule has 1 atom stereocenters. The Balaban J connectivity index is 1.75. The molecule has 1 unspecified atom stereocenters. The van der Waals surface area contributed by atoms with Gasteiger partial charge in [0.25, 0.3) is 0 Å². The van der Waals surface area contributed by atoms with Crippen molar-refractivity contribution in [2.45, 2.75) is 25.9 Å². The third kappa shape index (κ3) is 5.78. The number of hydroxylamine groups is 1. The molecule has 7 heteroatoms. The first-order valence-electron chi connectivity index (χ1n) is 9.75. The van der Waals surface area contributed by atoms with E-state index in [1.165, 1.54) is 0 Å². The maximum atomic E-state index is 13.2. The number of rotatable bonds is 7. The number of anilines is 1. The molecule has 0 radical (unpaired) electrons. The van der Waals surface area contributed by atoms with Crippen LogP contribution in [0.4, 0.5) is 5.69 Å². The van der Waals surface area contributed by atoms with Gasteiger partial charge in [0.15, 0.2) is 0 Å². The molecular formula is C23H24N2O5. The van der Waals surface area contributed by atoms with Crippen molar-refractivity contribution in [3.63, 3.8) is 0 Å². The number of benzene rings is 2. The summed E-state index contributed by atoms with van der Waals surface area (Å²) in [5.74, 6) is -2.03. The van der Waals surface area contributed by atoms with Gasteiger partial charge >= 0.3 is 5.97 Å². The predicted molar refractivity (Wildman–Crippen MR) is 110 cm³/mol. The summed E-state index contributed by atoms with van der Waals surface area (Å²) in [4.78, 5) is 38.9. The van der Waals surface area contributed by atoms with Gasteiger partial charge < -0.3 is 9.64 Å². The van der Waals surface area contributed by atoms with E-state index < -0.39 is 17.8 Å². The van der Waals surface area contributed by atoms with Crippen LogP contribution in [0.25, 0.3) is 0 Å². The summed E-state index contributed by atoms with van der Waals surface area (Å²) in [5.41, 5.74) is 3.89. The van der Waals surface area contributed by atoms with Crippen molar-refractivity contribution in [3.8, 4) is 0 Å². The summed E-state index contributed by atoms with van der Waals surface area (Å²) in [5, 5.41) is 8.83. The highest BCUT2D eigenvalue weighted by Crippen LogP contribution is 2.26. The third-order valence-electron chi connectivity index (χ3n) is 4.89. The number of nitrogens with one attached hydrogen (secondary N) is 1. The summed E-state index contributed by atoms with van der Waals surface area (Å²) >= 11 is 0. The Morgan fingerprint density at radius 1 is 1.07 bits per heavy atom. The van der Waals surface area contributed by atoms with Crippen LogP contribution in [0.2, 0.25) is 0 Å². The number of para-hydroxylation sites is 1. The molecule has 3 rings (SSSR count). The van der Waals surface area contributed by atoms with E-state index in [0.717, 1.165) is 11.3 Å². The number of carbonyl (C=O) groups is 3. The van der Waals surface area contributed by atoms with E-state index in [4.69, 9.17) is 9.94 Å². The van der Waals surface area contributed by atoms with Crippen molar-refractivity contribution in [1.82, 2.24) is 5.48 Å². The number of carbonyl (C=O) groups excluding carboxylic acids is 3. The first kappa shape index (κ1) is 21.3. The standard InChI is InChI=1S/C23H24N2O5/c26-21(24-29)14-18-11-12-25(20-9-5-2-6-10-20)23(28)19(13-18)15-22(27)30-16-17-7-3-1-4-8-17/h1-10,13,19,29H,11-12,14-16H2,(H,24,26). The van der Waals surface area contributed by atoms with Crippen LogP contribution in [0, 0.1) is 5.92 Å². The zero-order valence-electron chi connectivity index (χ0n) is 16.5. The van der Waals surface area contributed by atoms with E-state index in [1.807, 2.05) is 60.7 Å². The van der Waals surface area contributed by atoms with E-state index in [2.05, 4.69) is 0 Å². The maximum Gasteiger partial charge on any atom is 0.307 e.